The molecule has 2 nitrogen and oxygen atoms in total. The summed E-state index contributed by atoms with van der Waals surface area (Å²) in [6, 6.07) is 0.665. The van der Waals surface area contributed by atoms with Gasteiger partial charge in [-0.1, -0.05) is 39.0 Å². The normalized spacial score (nSPS) is 24.8. The average Bonchev–Trinajstić information content (AvgIpc) is 2.92. The Balaban J connectivity index is 1.97. The first-order valence-electron chi connectivity index (χ1n) is 8.63. The molecule has 1 saturated heterocycles. The maximum Gasteiger partial charge on any atom is 0.0306 e. The van der Waals surface area contributed by atoms with E-state index in [0.29, 0.717) is 11.6 Å². The average molecular weight is 266 g/mol. The monoisotopic (exact) mass is 266 g/mol. The van der Waals surface area contributed by atoms with Crippen LogP contribution in [0.25, 0.3) is 0 Å². The summed E-state index contributed by atoms with van der Waals surface area (Å²) in [7, 11) is 0. The molecule has 1 saturated carbocycles. The molecule has 19 heavy (non-hydrogen) atoms. The van der Waals surface area contributed by atoms with Crippen LogP contribution in [0.15, 0.2) is 0 Å². The van der Waals surface area contributed by atoms with Gasteiger partial charge in [0.2, 0.25) is 0 Å². The van der Waals surface area contributed by atoms with Crippen molar-refractivity contribution in [2.75, 3.05) is 19.6 Å². The molecule has 1 aliphatic heterocycles. The molecule has 0 bridgehead atoms. The van der Waals surface area contributed by atoms with E-state index in [-0.39, 0.29) is 0 Å². The predicted molar refractivity (Wildman–Crippen MR) is 83.5 cm³/mol. The zero-order valence-electron chi connectivity index (χ0n) is 13.4. The molecule has 1 N–H and O–H groups in total. The fraction of sp³-hybridized carbons (Fsp3) is 1.00. The number of hydrogen-bond donors (Lipinski definition) is 1. The third kappa shape index (κ3) is 3.95. The van der Waals surface area contributed by atoms with Gasteiger partial charge in [-0.05, 0) is 58.7 Å². The lowest BCUT2D eigenvalue weighted by atomic mass is 9.83. The Labute approximate surface area is 120 Å². The van der Waals surface area contributed by atoms with Gasteiger partial charge >= 0.3 is 0 Å². The molecule has 2 fully saturated rings. The fourth-order valence-corrected chi connectivity index (χ4v) is 4.14. The van der Waals surface area contributed by atoms with E-state index in [1.165, 1.54) is 64.5 Å². The summed E-state index contributed by atoms with van der Waals surface area (Å²) < 4.78 is 0. The zero-order chi connectivity index (χ0) is 13.7. The molecule has 1 unspecified atom stereocenters. The van der Waals surface area contributed by atoms with Crippen molar-refractivity contribution >= 4 is 0 Å². The van der Waals surface area contributed by atoms with Crippen LogP contribution in [0.4, 0.5) is 0 Å². The van der Waals surface area contributed by atoms with E-state index in [0.717, 1.165) is 12.5 Å². The van der Waals surface area contributed by atoms with E-state index < -0.39 is 0 Å². The van der Waals surface area contributed by atoms with Crippen molar-refractivity contribution in [3.05, 3.63) is 0 Å². The Bertz CT molecular complexity index is 250. The number of likely N-dealkylation sites (N-methyl/N-ethyl adjacent to an activating group) is 1. The van der Waals surface area contributed by atoms with Crippen molar-refractivity contribution < 1.29 is 0 Å². The number of likely N-dealkylation sites (tertiary alicyclic amines) is 1. The molecule has 1 heterocycles. The predicted octanol–water partition coefficient (Wildman–Crippen LogP) is 3.81. The molecule has 1 atom stereocenters. The lowest BCUT2D eigenvalue weighted by Crippen LogP contribution is -2.59. The van der Waals surface area contributed by atoms with Crippen molar-refractivity contribution in [1.82, 2.24) is 10.2 Å². The second-order valence-electron chi connectivity index (χ2n) is 7.20. The maximum absolute atomic E-state index is 3.81. The van der Waals surface area contributed by atoms with Gasteiger partial charge in [0.15, 0.2) is 0 Å². The number of nitrogens with zero attached hydrogens (tertiary/aromatic N) is 1. The first kappa shape index (κ1) is 15.3. The molecule has 0 radical (unpaired) electrons. The van der Waals surface area contributed by atoms with Crippen molar-refractivity contribution in [1.29, 1.82) is 0 Å². The summed E-state index contributed by atoms with van der Waals surface area (Å²) in [4.78, 5) is 2.75. The summed E-state index contributed by atoms with van der Waals surface area (Å²) in [6.45, 7) is 10.9. The van der Waals surface area contributed by atoms with E-state index >= 15 is 0 Å². The van der Waals surface area contributed by atoms with E-state index in [4.69, 9.17) is 0 Å². The van der Waals surface area contributed by atoms with Crippen molar-refractivity contribution in [3.63, 3.8) is 0 Å². The van der Waals surface area contributed by atoms with Crippen LogP contribution >= 0.6 is 0 Å². The first-order valence-corrected chi connectivity index (χ1v) is 8.63. The second kappa shape index (κ2) is 7.08. The van der Waals surface area contributed by atoms with Crippen molar-refractivity contribution in [2.24, 2.45) is 5.92 Å². The Morgan fingerprint density at radius 2 is 1.68 bits per heavy atom. The molecule has 112 valence electrons. The molecule has 0 spiro atoms. The third-order valence-corrected chi connectivity index (χ3v) is 5.52. The van der Waals surface area contributed by atoms with Gasteiger partial charge in [0, 0.05) is 11.6 Å². The molecule has 2 rings (SSSR count). The lowest BCUT2D eigenvalue weighted by Gasteiger charge is -2.47. The summed E-state index contributed by atoms with van der Waals surface area (Å²) in [5, 5.41) is 3.81. The minimum Gasteiger partial charge on any atom is -0.312 e. The van der Waals surface area contributed by atoms with Gasteiger partial charge < -0.3 is 5.32 Å². The summed E-state index contributed by atoms with van der Waals surface area (Å²) in [5.41, 5.74) is 0.318. The van der Waals surface area contributed by atoms with Gasteiger partial charge in [-0.25, -0.2) is 0 Å². The topological polar surface area (TPSA) is 15.3 Å². The van der Waals surface area contributed by atoms with Gasteiger partial charge in [0.25, 0.3) is 0 Å². The number of rotatable bonds is 6. The Morgan fingerprint density at radius 1 is 1.05 bits per heavy atom. The summed E-state index contributed by atoms with van der Waals surface area (Å²) in [6.07, 6.45) is 11.5. The highest BCUT2D eigenvalue weighted by Crippen LogP contribution is 2.33. The highest BCUT2D eigenvalue weighted by molar-refractivity contribution is 4.95. The minimum absolute atomic E-state index is 0.318. The standard InChI is InChI=1S/C17H34N2/c1-4-18-16(14-15-10-6-7-11-15)17(2,3)19-12-8-5-9-13-19/h15-16,18H,4-14H2,1-3H3. The van der Waals surface area contributed by atoms with Crippen LogP contribution in [-0.4, -0.2) is 36.1 Å². The molecule has 1 aliphatic carbocycles. The highest BCUT2D eigenvalue weighted by atomic mass is 15.2. The third-order valence-electron chi connectivity index (χ3n) is 5.52. The second-order valence-corrected chi connectivity index (χ2v) is 7.20. The fourth-order valence-electron chi connectivity index (χ4n) is 4.14. The molecule has 0 aromatic carbocycles. The van der Waals surface area contributed by atoms with Crippen LogP contribution in [0.2, 0.25) is 0 Å². The van der Waals surface area contributed by atoms with E-state index in [1.54, 1.807) is 0 Å². The SMILES string of the molecule is CCNC(CC1CCCC1)C(C)(C)N1CCCCC1. The largest absolute Gasteiger partial charge is 0.312 e. The summed E-state index contributed by atoms with van der Waals surface area (Å²) >= 11 is 0. The van der Waals surface area contributed by atoms with E-state index in [9.17, 15) is 0 Å². The van der Waals surface area contributed by atoms with Gasteiger partial charge in [0.05, 0.1) is 0 Å². The van der Waals surface area contributed by atoms with Crippen LogP contribution < -0.4 is 5.32 Å². The van der Waals surface area contributed by atoms with Crippen LogP contribution in [0.3, 0.4) is 0 Å². The van der Waals surface area contributed by atoms with Gasteiger partial charge in [-0.15, -0.1) is 0 Å². The Kier molecular flexibility index (Phi) is 5.70. The molecule has 0 aromatic rings. The van der Waals surface area contributed by atoms with Crippen LogP contribution in [0.5, 0.6) is 0 Å². The quantitative estimate of drug-likeness (QED) is 0.786. The maximum atomic E-state index is 3.81. The van der Waals surface area contributed by atoms with Gasteiger partial charge in [0.1, 0.15) is 0 Å². The first-order chi connectivity index (χ1) is 9.14. The molecule has 2 aliphatic rings. The van der Waals surface area contributed by atoms with Gasteiger partial charge in [-0.3, -0.25) is 4.90 Å². The number of piperidine rings is 1. The molecule has 0 aromatic heterocycles. The van der Waals surface area contributed by atoms with Crippen molar-refractivity contribution in [3.8, 4) is 0 Å². The van der Waals surface area contributed by atoms with Gasteiger partial charge in [-0.2, -0.15) is 0 Å². The smallest absolute Gasteiger partial charge is 0.0306 e. The Morgan fingerprint density at radius 3 is 2.26 bits per heavy atom. The molecular weight excluding hydrogens is 232 g/mol. The van der Waals surface area contributed by atoms with Crippen molar-refractivity contribution in [2.45, 2.75) is 83.7 Å². The number of nitrogens with one attached hydrogen (secondary N) is 1. The lowest BCUT2D eigenvalue weighted by molar-refractivity contribution is 0.0532. The van der Waals surface area contributed by atoms with E-state index in [1.807, 2.05) is 0 Å². The molecular formula is C17H34N2. The highest BCUT2D eigenvalue weighted by Gasteiger charge is 2.36. The zero-order valence-corrected chi connectivity index (χ0v) is 13.4. The van der Waals surface area contributed by atoms with Crippen LogP contribution in [0, 0.1) is 5.92 Å². The molecule has 0 amide bonds. The van der Waals surface area contributed by atoms with E-state index in [2.05, 4.69) is 31.0 Å². The minimum atomic E-state index is 0.318. The van der Waals surface area contributed by atoms with Crippen LogP contribution in [-0.2, 0) is 0 Å². The summed E-state index contributed by atoms with van der Waals surface area (Å²) in [5.74, 6) is 0.980. The van der Waals surface area contributed by atoms with Crippen LogP contribution in [0.1, 0.15) is 72.1 Å². The molecule has 2 heteroatoms. The Hall–Kier alpha value is -0.0800. The number of hydrogen-bond acceptors (Lipinski definition) is 2.